The summed E-state index contributed by atoms with van der Waals surface area (Å²) in [6.07, 6.45) is 7.93. The van der Waals surface area contributed by atoms with E-state index in [1.54, 1.807) is 0 Å². The summed E-state index contributed by atoms with van der Waals surface area (Å²) in [4.78, 5) is 6.83. The number of aryl methyl sites for hydroxylation is 1. The number of nitrogens with one attached hydrogen (secondary N) is 1. The number of hydrogen-bond acceptors (Lipinski definition) is 3. The van der Waals surface area contributed by atoms with Gasteiger partial charge in [-0.15, -0.1) is 0 Å². The van der Waals surface area contributed by atoms with Crippen LogP contribution >= 0.6 is 0 Å². The molecule has 0 aliphatic carbocycles. The SMILES string of the molecule is CC(C)NCc1cncn1CCCN1CCCC1. The summed E-state index contributed by atoms with van der Waals surface area (Å²) in [5, 5.41) is 3.45. The number of aromatic nitrogens is 2. The van der Waals surface area contributed by atoms with Crippen LogP contribution in [0.4, 0.5) is 0 Å². The van der Waals surface area contributed by atoms with Crippen LogP contribution in [0.1, 0.15) is 38.8 Å². The topological polar surface area (TPSA) is 33.1 Å². The third kappa shape index (κ3) is 4.10. The Morgan fingerprint density at radius 3 is 2.78 bits per heavy atom. The van der Waals surface area contributed by atoms with Crippen LogP contribution in [0.25, 0.3) is 0 Å². The van der Waals surface area contributed by atoms with Gasteiger partial charge in [-0.2, -0.15) is 0 Å². The van der Waals surface area contributed by atoms with Crippen molar-refractivity contribution in [3.8, 4) is 0 Å². The van der Waals surface area contributed by atoms with Crippen LogP contribution in [-0.4, -0.2) is 40.1 Å². The molecule has 2 rings (SSSR count). The molecule has 2 heterocycles. The lowest BCUT2D eigenvalue weighted by molar-refractivity contribution is 0.324. The fourth-order valence-corrected chi connectivity index (χ4v) is 2.48. The second-order valence-electron chi connectivity index (χ2n) is 5.52. The maximum atomic E-state index is 4.26. The molecule has 18 heavy (non-hydrogen) atoms. The molecule has 0 atom stereocenters. The second-order valence-corrected chi connectivity index (χ2v) is 5.52. The number of nitrogens with zero attached hydrogens (tertiary/aromatic N) is 3. The summed E-state index contributed by atoms with van der Waals surface area (Å²) in [6, 6.07) is 0.526. The Bertz CT molecular complexity index is 339. The van der Waals surface area contributed by atoms with Crippen molar-refractivity contribution in [3.63, 3.8) is 0 Å². The van der Waals surface area contributed by atoms with Crippen LogP contribution in [0.2, 0.25) is 0 Å². The highest BCUT2D eigenvalue weighted by Gasteiger charge is 2.10. The Kier molecular flexibility index (Phi) is 5.20. The van der Waals surface area contributed by atoms with Crippen molar-refractivity contribution in [3.05, 3.63) is 18.2 Å². The third-order valence-corrected chi connectivity index (χ3v) is 3.56. The lowest BCUT2D eigenvalue weighted by atomic mass is 10.3. The van der Waals surface area contributed by atoms with Crippen LogP contribution < -0.4 is 5.32 Å². The summed E-state index contributed by atoms with van der Waals surface area (Å²) in [5.41, 5.74) is 1.30. The Morgan fingerprint density at radius 1 is 1.28 bits per heavy atom. The monoisotopic (exact) mass is 250 g/mol. The molecule has 102 valence electrons. The Balaban J connectivity index is 1.72. The average Bonchev–Trinajstić information content (AvgIpc) is 2.97. The zero-order valence-corrected chi connectivity index (χ0v) is 11.7. The number of hydrogen-bond donors (Lipinski definition) is 1. The molecule has 1 aliphatic rings. The molecule has 0 amide bonds. The lowest BCUT2D eigenvalue weighted by Crippen LogP contribution is -2.24. The Morgan fingerprint density at radius 2 is 2.06 bits per heavy atom. The fourth-order valence-electron chi connectivity index (χ4n) is 2.48. The normalized spacial score (nSPS) is 16.8. The number of likely N-dealkylation sites (tertiary alicyclic amines) is 1. The van der Waals surface area contributed by atoms with Crippen LogP contribution in [0, 0.1) is 0 Å². The van der Waals surface area contributed by atoms with E-state index in [1.807, 2.05) is 12.5 Å². The van der Waals surface area contributed by atoms with Gasteiger partial charge in [0, 0.05) is 25.3 Å². The first-order valence-corrected chi connectivity index (χ1v) is 7.20. The zero-order valence-electron chi connectivity index (χ0n) is 11.7. The molecule has 1 N–H and O–H groups in total. The van der Waals surface area contributed by atoms with Gasteiger partial charge in [-0.05, 0) is 38.9 Å². The van der Waals surface area contributed by atoms with E-state index in [0.717, 1.165) is 13.1 Å². The molecule has 0 radical (unpaired) electrons. The van der Waals surface area contributed by atoms with E-state index >= 15 is 0 Å². The first kappa shape index (κ1) is 13.6. The third-order valence-electron chi connectivity index (χ3n) is 3.56. The van der Waals surface area contributed by atoms with Crippen LogP contribution in [0.3, 0.4) is 0 Å². The first-order chi connectivity index (χ1) is 8.75. The van der Waals surface area contributed by atoms with Gasteiger partial charge in [-0.3, -0.25) is 0 Å². The molecule has 4 heteroatoms. The van der Waals surface area contributed by atoms with E-state index in [0.29, 0.717) is 6.04 Å². The smallest absolute Gasteiger partial charge is 0.0948 e. The molecular formula is C14H26N4. The fraction of sp³-hybridized carbons (Fsp3) is 0.786. The van der Waals surface area contributed by atoms with E-state index in [1.165, 1.54) is 44.6 Å². The molecule has 1 aromatic rings. The predicted octanol–water partition coefficient (Wildman–Crippen LogP) is 1.87. The van der Waals surface area contributed by atoms with Gasteiger partial charge in [0.25, 0.3) is 0 Å². The van der Waals surface area contributed by atoms with Crippen molar-refractivity contribution in [2.24, 2.45) is 0 Å². The van der Waals surface area contributed by atoms with Crippen molar-refractivity contribution in [1.29, 1.82) is 0 Å². The van der Waals surface area contributed by atoms with Gasteiger partial charge in [-0.25, -0.2) is 4.98 Å². The summed E-state index contributed by atoms with van der Waals surface area (Å²) < 4.78 is 2.28. The molecule has 0 bridgehead atoms. The maximum Gasteiger partial charge on any atom is 0.0948 e. The molecule has 0 saturated carbocycles. The molecule has 1 aliphatic heterocycles. The summed E-state index contributed by atoms with van der Waals surface area (Å²) >= 11 is 0. The molecule has 1 aromatic heterocycles. The van der Waals surface area contributed by atoms with E-state index in [4.69, 9.17) is 0 Å². The van der Waals surface area contributed by atoms with Crippen molar-refractivity contribution in [2.45, 2.75) is 52.2 Å². The standard InChI is InChI=1S/C14H26N4/c1-13(2)16-11-14-10-15-12-18(14)9-5-8-17-6-3-4-7-17/h10,12-13,16H,3-9,11H2,1-2H3. The van der Waals surface area contributed by atoms with Crippen molar-refractivity contribution in [2.75, 3.05) is 19.6 Å². The Labute approximate surface area is 110 Å². The van der Waals surface area contributed by atoms with E-state index in [-0.39, 0.29) is 0 Å². The summed E-state index contributed by atoms with van der Waals surface area (Å²) in [7, 11) is 0. The van der Waals surface area contributed by atoms with Crippen LogP contribution in [-0.2, 0) is 13.1 Å². The number of rotatable bonds is 7. The molecule has 0 unspecified atom stereocenters. The highest BCUT2D eigenvalue weighted by Crippen LogP contribution is 2.08. The van der Waals surface area contributed by atoms with Gasteiger partial charge in [0.05, 0.1) is 12.0 Å². The largest absolute Gasteiger partial charge is 0.333 e. The first-order valence-electron chi connectivity index (χ1n) is 7.20. The molecule has 1 fully saturated rings. The highest BCUT2D eigenvalue weighted by atomic mass is 15.1. The van der Waals surface area contributed by atoms with Crippen molar-refractivity contribution in [1.82, 2.24) is 19.8 Å². The van der Waals surface area contributed by atoms with Crippen LogP contribution in [0.5, 0.6) is 0 Å². The molecule has 4 nitrogen and oxygen atoms in total. The zero-order chi connectivity index (χ0) is 12.8. The van der Waals surface area contributed by atoms with Gasteiger partial charge in [0.1, 0.15) is 0 Å². The summed E-state index contributed by atoms with van der Waals surface area (Å²) in [6.45, 7) is 10.2. The van der Waals surface area contributed by atoms with Gasteiger partial charge in [-0.1, -0.05) is 13.8 Å². The van der Waals surface area contributed by atoms with Crippen molar-refractivity contribution >= 4 is 0 Å². The quantitative estimate of drug-likeness (QED) is 0.802. The lowest BCUT2D eigenvalue weighted by Gasteiger charge is -2.15. The minimum atomic E-state index is 0.526. The molecular weight excluding hydrogens is 224 g/mol. The Hall–Kier alpha value is -0.870. The minimum Gasteiger partial charge on any atom is -0.333 e. The number of imidazole rings is 1. The van der Waals surface area contributed by atoms with Gasteiger partial charge < -0.3 is 14.8 Å². The highest BCUT2D eigenvalue weighted by molar-refractivity contribution is 4.98. The second kappa shape index (κ2) is 6.90. The van der Waals surface area contributed by atoms with Crippen molar-refractivity contribution < 1.29 is 0 Å². The maximum absolute atomic E-state index is 4.26. The van der Waals surface area contributed by atoms with E-state index < -0.39 is 0 Å². The molecule has 0 aromatic carbocycles. The predicted molar refractivity (Wildman–Crippen MR) is 74.5 cm³/mol. The average molecular weight is 250 g/mol. The van der Waals surface area contributed by atoms with Gasteiger partial charge in [0.2, 0.25) is 0 Å². The van der Waals surface area contributed by atoms with Gasteiger partial charge in [0.15, 0.2) is 0 Å². The minimum absolute atomic E-state index is 0.526. The molecule has 1 saturated heterocycles. The van der Waals surface area contributed by atoms with Gasteiger partial charge >= 0.3 is 0 Å². The summed E-state index contributed by atoms with van der Waals surface area (Å²) in [5.74, 6) is 0. The van der Waals surface area contributed by atoms with Crippen LogP contribution in [0.15, 0.2) is 12.5 Å². The molecule has 0 spiro atoms. The van der Waals surface area contributed by atoms with E-state index in [9.17, 15) is 0 Å². The van der Waals surface area contributed by atoms with E-state index in [2.05, 4.69) is 33.6 Å².